The van der Waals surface area contributed by atoms with Gasteiger partial charge in [0, 0.05) is 12.6 Å². The largest absolute Gasteiger partial charge is 0.475 e. The highest BCUT2D eigenvalue weighted by molar-refractivity contribution is 5.83. The van der Waals surface area contributed by atoms with E-state index in [0.717, 1.165) is 31.4 Å². The number of nitrogens with zero attached hydrogens (tertiary/aromatic N) is 5. The van der Waals surface area contributed by atoms with Crippen LogP contribution < -0.4 is 16.2 Å². The lowest BCUT2D eigenvalue weighted by atomic mass is 9.80. The number of aromatic carboxylic acids is 1. The Hall–Kier alpha value is -3.55. The van der Waals surface area contributed by atoms with E-state index in [1.807, 2.05) is 13.8 Å². The molecule has 2 atom stereocenters. The quantitative estimate of drug-likeness (QED) is 0.638. The highest BCUT2D eigenvalue weighted by Crippen LogP contribution is 2.30. The van der Waals surface area contributed by atoms with Crippen LogP contribution in [0.5, 0.6) is 0 Å². The van der Waals surface area contributed by atoms with Crippen molar-refractivity contribution in [2.75, 3.05) is 6.54 Å². The van der Waals surface area contributed by atoms with Crippen LogP contribution in [0.2, 0.25) is 0 Å². The van der Waals surface area contributed by atoms with Crippen molar-refractivity contribution >= 4 is 11.8 Å². The standard InChI is InChI=1S/C23H25F3N6O2/c1-3-31-17(11-27)29-19-18(20(31)28-13(2)15-5-4-6-15)32(21(30-19)22(33)34)12-14-7-9-16(10-8-14)23(24,25)26/h7-10,13,15,17,28H,3-6,12H2,1-2H3,(H,33,34)/t13?,17-/m0/s1. The molecule has 0 radical (unpaired) electrons. The molecule has 2 aromatic rings. The van der Waals surface area contributed by atoms with Crippen molar-refractivity contribution < 1.29 is 23.1 Å². The molecule has 1 aliphatic heterocycles. The van der Waals surface area contributed by atoms with E-state index in [0.29, 0.717) is 29.2 Å². The Morgan fingerprint density at radius 2 is 2.00 bits per heavy atom. The summed E-state index contributed by atoms with van der Waals surface area (Å²) >= 11 is 0. The number of alkyl halides is 3. The molecule has 180 valence electrons. The first-order chi connectivity index (χ1) is 16.1. The molecular formula is C23H25F3N6O2. The second-order valence-electron chi connectivity index (χ2n) is 8.58. The molecule has 0 bridgehead atoms. The molecule has 34 heavy (non-hydrogen) atoms. The van der Waals surface area contributed by atoms with Gasteiger partial charge in [0.05, 0.1) is 12.1 Å². The first-order valence-electron chi connectivity index (χ1n) is 11.1. The van der Waals surface area contributed by atoms with Crippen molar-refractivity contribution in [3.8, 4) is 6.07 Å². The van der Waals surface area contributed by atoms with E-state index in [1.165, 1.54) is 16.7 Å². The summed E-state index contributed by atoms with van der Waals surface area (Å²) < 4.78 is 40.3. The Bertz CT molecular complexity index is 1240. The second-order valence-corrected chi connectivity index (χ2v) is 8.58. The molecular weight excluding hydrogens is 449 g/mol. The molecule has 2 aliphatic rings. The predicted octanol–water partition coefficient (Wildman–Crippen LogP) is 2.30. The van der Waals surface area contributed by atoms with Crippen LogP contribution in [0.25, 0.3) is 5.82 Å². The van der Waals surface area contributed by atoms with Crippen LogP contribution >= 0.6 is 0 Å². The molecule has 0 amide bonds. The van der Waals surface area contributed by atoms with Gasteiger partial charge in [0.1, 0.15) is 17.2 Å². The highest BCUT2D eigenvalue weighted by atomic mass is 19.4. The van der Waals surface area contributed by atoms with E-state index in [-0.39, 0.29) is 23.9 Å². The second kappa shape index (κ2) is 9.00. The number of carboxylic acid groups (broad SMARTS) is 1. The van der Waals surface area contributed by atoms with Crippen molar-refractivity contribution in [3.05, 3.63) is 52.1 Å². The number of hydrogen-bond donors (Lipinski definition) is 2. The highest BCUT2D eigenvalue weighted by Gasteiger charge is 2.32. The average Bonchev–Trinajstić information content (AvgIpc) is 3.10. The molecule has 1 saturated carbocycles. The summed E-state index contributed by atoms with van der Waals surface area (Å²) in [6.07, 6.45) is -2.02. The summed E-state index contributed by atoms with van der Waals surface area (Å²) in [7, 11) is 0. The number of imidazole rings is 1. The first kappa shape index (κ1) is 23.6. The zero-order valence-electron chi connectivity index (χ0n) is 18.8. The number of carbonyl (C=O) groups is 1. The SMILES string of the molecule is CCN1C(NC(C)C2CCC2)=c2c(nc(C(=O)O)n2Cc2ccc(C(F)(F)F)cc2)=N[C@@H]1C#N. The molecule has 1 aromatic heterocycles. The third-order valence-corrected chi connectivity index (χ3v) is 6.49. The van der Waals surface area contributed by atoms with Crippen LogP contribution in [0.4, 0.5) is 13.2 Å². The molecule has 11 heteroatoms. The Balaban J connectivity index is 1.87. The van der Waals surface area contributed by atoms with E-state index >= 15 is 0 Å². The van der Waals surface area contributed by atoms with Crippen molar-refractivity contribution in [1.82, 2.24) is 19.8 Å². The van der Waals surface area contributed by atoms with Gasteiger partial charge < -0.3 is 19.9 Å². The van der Waals surface area contributed by atoms with Gasteiger partial charge >= 0.3 is 12.1 Å². The van der Waals surface area contributed by atoms with E-state index < -0.39 is 23.9 Å². The minimum absolute atomic E-state index is 0.0185. The maximum absolute atomic E-state index is 13.0. The van der Waals surface area contributed by atoms with Crippen LogP contribution in [0, 0.1) is 17.2 Å². The Morgan fingerprint density at radius 1 is 1.32 bits per heavy atom. The number of carboxylic acids is 1. The van der Waals surface area contributed by atoms with Gasteiger partial charge in [-0.05, 0) is 50.3 Å². The van der Waals surface area contributed by atoms with Gasteiger partial charge in [0.2, 0.25) is 12.0 Å². The molecule has 1 fully saturated rings. The van der Waals surface area contributed by atoms with Gasteiger partial charge in [0.25, 0.3) is 0 Å². The molecule has 1 aliphatic carbocycles. The molecule has 2 N–H and O–H groups in total. The minimum atomic E-state index is -4.46. The number of hydrogen-bond acceptors (Lipinski definition) is 6. The maximum Gasteiger partial charge on any atom is 0.416 e. The minimum Gasteiger partial charge on any atom is -0.475 e. The molecule has 2 heterocycles. The third-order valence-electron chi connectivity index (χ3n) is 6.49. The van der Waals surface area contributed by atoms with Crippen LogP contribution in [-0.2, 0) is 12.7 Å². The molecule has 8 nitrogen and oxygen atoms in total. The van der Waals surface area contributed by atoms with Gasteiger partial charge in [-0.3, -0.25) is 0 Å². The number of benzene rings is 1. The molecule has 0 saturated heterocycles. The number of aromatic nitrogens is 2. The Kier molecular flexibility index (Phi) is 6.25. The van der Waals surface area contributed by atoms with Gasteiger partial charge in [-0.25, -0.2) is 14.8 Å². The zero-order valence-corrected chi connectivity index (χ0v) is 18.8. The van der Waals surface area contributed by atoms with Crippen molar-refractivity contribution in [2.24, 2.45) is 10.9 Å². The molecule has 0 spiro atoms. The average molecular weight is 474 g/mol. The molecule has 1 aromatic carbocycles. The smallest absolute Gasteiger partial charge is 0.416 e. The fourth-order valence-corrected chi connectivity index (χ4v) is 4.36. The number of rotatable bonds is 7. The number of fused-ring (bicyclic) bond motifs is 1. The van der Waals surface area contributed by atoms with Crippen molar-refractivity contribution in [2.45, 2.75) is 58.0 Å². The summed E-state index contributed by atoms with van der Waals surface area (Å²) in [5.74, 6) is -0.567. The lowest BCUT2D eigenvalue weighted by Crippen LogP contribution is -2.54. The van der Waals surface area contributed by atoms with Gasteiger partial charge in [-0.15, -0.1) is 0 Å². The molecule has 1 unspecified atom stereocenters. The lowest BCUT2D eigenvalue weighted by molar-refractivity contribution is -0.137. The summed E-state index contributed by atoms with van der Waals surface area (Å²) in [4.78, 5) is 22.3. The monoisotopic (exact) mass is 474 g/mol. The topological polar surface area (TPSA) is 107 Å². The number of nitrogens with one attached hydrogen (secondary N) is 1. The summed E-state index contributed by atoms with van der Waals surface area (Å²) in [6.45, 7) is 4.34. The van der Waals surface area contributed by atoms with Crippen LogP contribution in [0.3, 0.4) is 0 Å². The van der Waals surface area contributed by atoms with Crippen molar-refractivity contribution in [3.63, 3.8) is 0 Å². The van der Waals surface area contributed by atoms with Crippen LogP contribution in [0.1, 0.15) is 54.9 Å². The van der Waals surface area contributed by atoms with Gasteiger partial charge in [-0.1, -0.05) is 18.6 Å². The normalized spacial score (nSPS) is 19.0. The van der Waals surface area contributed by atoms with Gasteiger partial charge in [-0.2, -0.15) is 18.4 Å². The van der Waals surface area contributed by atoms with Crippen molar-refractivity contribution in [1.29, 1.82) is 5.26 Å². The van der Waals surface area contributed by atoms with E-state index in [9.17, 15) is 28.3 Å². The van der Waals surface area contributed by atoms with E-state index in [1.54, 1.807) is 4.90 Å². The summed E-state index contributed by atoms with van der Waals surface area (Å²) in [5, 5.41) is 23.4. The maximum atomic E-state index is 13.0. The fraction of sp³-hybridized carbons (Fsp3) is 0.478. The van der Waals surface area contributed by atoms with Crippen LogP contribution in [-0.4, -0.2) is 44.3 Å². The summed E-state index contributed by atoms with van der Waals surface area (Å²) in [5.41, 5.74) is -0.175. The number of nitriles is 1. The Morgan fingerprint density at radius 3 is 2.50 bits per heavy atom. The molecule has 4 rings (SSSR count). The predicted molar refractivity (Wildman–Crippen MR) is 116 cm³/mol. The third kappa shape index (κ3) is 4.32. The Labute approximate surface area is 194 Å². The van der Waals surface area contributed by atoms with E-state index in [2.05, 4.69) is 21.4 Å². The zero-order chi connectivity index (χ0) is 24.6. The number of halogens is 3. The summed E-state index contributed by atoms with van der Waals surface area (Å²) in [6, 6.07) is 6.78. The fourth-order valence-electron chi connectivity index (χ4n) is 4.36. The van der Waals surface area contributed by atoms with Gasteiger partial charge in [0.15, 0.2) is 5.49 Å². The first-order valence-corrected chi connectivity index (χ1v) is 11.1. The van der Waals surface area contributed by atoms with Crippen LogP contribution in [0.15, 0.2) is 29.3 Å². The van der Waals surface area contributed by atoms with E-state index in [4.69, 9.17) is 0 Å². The lowest BCUT2D eigenvalue weighted by Gasteiger charge is -2.37.